The molecule has 0 aromatic heterocycles. The summed E-state index contributed by atoms with van der Waals surface area (Å²) in [7, 11) is 0. The lowest BCUT2D eigenvalue weighted by Gasteiger charge is -2.24. The van der Waals surface area contributed by atoms with Crippen LogP contribution in [-0.4, -0.2) is 26.3 Å². The van der Waals surface area contributed by atoms with Crippen molar-refractivity contribution in [3.63, 3.8) is 0 Å². The average Bonchev–Trinajstić information content (AvgIpc) is 2.40. The van der Waals surface area contributed by atoms with Crippen molar-refractivity contribution in [3.05, 3.63) is 23.5 Å². The molecule has 98 valence electrons. The van der Waals surface area contributed by atoms with E-state index in [-0.39, 0.29) is 11.6 Å². The number of halogens is 1. The molecule has 0 radical (unpaired) electrons. The summed E-state index contributed by atoms with van der Waals surface area (Å²) in [4.78, 5) is 0. The first kappa shape index (κ1) is 11.8. The van der Waals surface area contributed by atoms with Crippen LogP contribution in [0.1, 0.15) is 18.4 Å². The molecule has 1 aromatic carbocycles. The van der Waals surface area contributed by atoms with E-state index < -0.39 is 0 Å². The Balaban J connectivity index is 1.77. The van der Waals surface area contributed by atoms with E-state index in [1.54, 1.807) is 6.07 Å². The third-order valence-corrected chi connectivity index (χ3v) is 3.64. The lowest BCUT2D eigenvalue weighted by molar-refractivity contribution is 0.164. The first-order chi connectivity index (χ1) is 8.83. The maximum atomic E-state index is 13.9. The van der Waals surface area contributed by atoms with Gasteiger partial charge in [0.15, 0.2) is 17.3 Å². The highest BCUT2D eigenvalue weighted by Gasteiger charge is 2.20. The summed E-state index contributed by atoms with van der Waals surface area (Å²) < 4.78 is 24.6. The topological polar surface area (TPSA) is 30.5 Å². The highest BCUT2D eigenvalue weighted by atomic mass is 19.1. The van der Waals surface area contributed by atoms with Crippen molar-refractivity contribution in [2.75, 3.05) is 26.3 Å². The molecular weight excluding hydrogens is 233 g/mol. The van der Waals surface area contributed by atoms with Crippen LogP contribution in [0.25, 0.3) is 0 Å². The van der Waals surface area contributed by atoms with Gasteiger partial charge >= 0.3 is 0 Å². The smallest absolute Gasteiger partial charge is 0.197 e. The Hall–Kier alpha value is -1.29. The number of piperidine rings is 1. The van der Waals surface area contributed by atoms with Gasteiger partial charge in [0.05, 0.1) is 0 Å². The molecule has 1 aromatic rings. The first-order valence-corrected chi connectivity index (χ1v) is 6.61. The maximum Gasteiger partial charge on any atom is 0.197 e. The molecule has 0 bridgehead atoms. The molecule has 0 saturated carbocycles. The molecule has 18 heavy (non-hydrogen) atoms. The molecule has 0 unspecified atom stereocenters. The highest BCUT2D eigenvalue weighted by molar-refractivity contribution is 5.45. The van der Waals surface area contributed by atoms with Crippen LogP contribution in [0.2, 0.25) is 0 Å². The molecule has 1 N–H and O–H groups in total. The Morgan fingerprint density at radius 1 is 1.17 bits per heavy atom. The zero-order valence-electron chi connectivity index (χ0n) is 10.4. The minimum atomic E-state index is -0.295. The lowest BCUT2D eigenvalue weighted by Crippen LogP contribution is -2.28. The maximum absolute atomic E-state index is 13.9. The summed E-state index contributed by atoms with van der Waals surface area (Å²) >= 11 is 0. The van der Waals surface area contributed by atoms with Gasteiger partial charge < -0.3 is 14.8 Å². The van der Waals surface area contributed by atoms with Crippen molar-refractivity contribution < 1.29 is 13.9 Å². The molecule has 3 nitrogen and oxygen atoms in total. The van der Waals surface area contributed by atoms with Gasteiger partial charge in [-0.05, 0) is 56.0 Å². The summed E-state index contributed by atoms with van der Waals surface area (Å²) in [6, 6.07) is 3.52. The van der Waals surface area contributed by atoms with Gasteiger partial charge in [-0.15, -0.1) is 0 Å². The molecule has 1 fully saturated rings. The minimum Gasteiger partial charge on any atom is -0.486 e. The van der Waals surface area contributed by atoms with E-state index in [1.807, 2.05) is 6.07 Å². The van der Waals surface area contributed by atoms with Gasteiger partial charge in [-0.25, -0.2) is 4.39 Å². The fourth-order valence-electron chi connectivity index (χ4n) is 2.70. The predicted molar refractivity (Wildman–Crippen MR) is 66.7 cm³/mol. The van der Waals surface area contributed by atoms with E-state index in [0.717, 1.165) is 37.9 Å². The standard InChI is InChI=1S/C14H18FNO2/c15-12-8-11(7-10-1-3-16-4-2-10)9-13-14(12)18-6-5-17-13/h8-10,16H,1-7H2. The highest BCUT2D eigenvalue weighted by Crippen LogP contribution is 2.35. The summed E-state index contributed by atoms with van der Waals surface area (Å²) in [6.45, 7) is 3.07. The number of rotatable bonds is 2. The zero-order chi connectivity index (χ0) is 12.4. The molecule has 0 atom stereocenters. The molecule has 0 aliphatic carbocycles. The Kier molecular flexibility index (Phi) is 3.37. The lowest BCUT2D eigenvalue weighted by atomic mass is 9.91. The SMILES string of the molecule is Fc1cc(CC2CCNCC2)cc2c1OCCO2. The van der Waals surface area contributed by atoms with Crippen LogP contribution in [0.4, 0.5) is 4.39 Å². The molecule has 4 heteroatoms. The van der Waals surface area contributed by atoms with E-state index in [9.17, 15) is 4.39 Å². The number of benzene rings is 1. The van der Waals surface area contributed by atoms with Gasteiger partial charge in [-0.3, -0.25) is 0 Å². The van der Waals surface area contributed by atoms with Crippen LogP contribution >= 0.6 is 0 Å². The Morgan fingerprint density at radius 3 is 2.78 bits per heavy atom. The Bertz CT molecular complexity index is 430. The number of nitrogens with one attached hydrogen (secondary N) is 1. The van der Waals surface area contributed by atoms with Crippen LogP contribution in [0.15, 0.2) is 12.1 Å². The fourth-order valence-corrected chi connectivity index (χ4v) is 2.70. The Labute approximate surface area is 106 Å². The van der Waals surface area contributed by atoms with Crippen molar-refractivity contribution in [2.45, 2.75) is 19.3 Å². The summed E-state index contributed by atoms with van der Waals surface area (Å²) in [5.41, 5.74) is 1.02. The van der Waals surface area contributed by atoms with Gasteiger partial charge in [-0.1, -0.05) is 0 Å². The van der Waals surface area contributed by atoms with Gasteiger partial charge in [0.2, 0.25) is 0 Å². The number of fused-ring (bicyclic) bond motifs is 1. The summed E-state index contributed by atoms with van der Waals surface area (Å²) in [5, 5.41) is 3.34. The van der Waals surface area contributed by atoms with Gasteiger partial charge in [0, 0.05) is 0 Å². The average molecular weight is 251 g/mol. The van der Waals surface area contributed by atoms with Crippen LogP contribution in [0, 0.1) is 11.7 Å². The van der Waals surface area contributed by atoms with Crippen LogP contribution < -0.4 is 14.8 Å². The molecule has 3 rings (SSSR count). The first-order valence-electron chi connectivity index (χ1n) is 6.61. The second kappa shape index (κ2) is 5.14. The van der Waals surface area contributed by atoms with Crippen molar-refractivity contribution in [1.82, 2.24) is 5.32 Å². The molecule has 2 aliphatic rings. The third kappa shape index (κ3) is 2.43. The largest absolute Gasteiger partial charge is 0.486 e. The summed E-state index contributed by atoms with van der Waals surface area (Å²) in [5.74, 6) is 1.19. The van der Waals surface area contributed by atoms with Crippen molar-refractivity contribution in [3.8, 4) is 11.5 Å². The fraction of sp³-hybridized carbons (Fsp3) is 0.571. The van der Waals surface area contributed by atoms with Gasteiger partial charge in [0.1, 0.15) is 13.2 Å². The Morgan fingerprint density at radius 2 is 1.94 bits per heavy atom. The third-order valence-electron chi connectivity index (χ3n) is 3.64. The van der Waals surface area contributed by atoms with E-state index in [1.165, 1.54) is 0 Å². The van der Waals surface area contributed by atoms with Gasteiger partial charge in [0.25, 0.3) is 0 Å². The number of hydrogen-bond donors (Lipinski definition) is 1. The molecule has 0 spiro atoms. The molecule has 1 saturated heterocycles. The van der Waals surface area contributed by atoms with E-state index in [2.05, 4.69) is 5.32 Å². The van der Waals surface area contributed by atoms with Crippen LogP contribution in [-0.2, 0) is 6.42 Å². The summed E-state index contributed by atoms with van der Waals surface area (Å²) in [6.07, 6.45) is 3.25. The zero-order valence-corrected chi connectivity index (χ0v) is 10.4. The van der Waals surface area contributed by atoms with Crippen molar-refractivity contribution in [1.29, 1.82) is 0 Å². The van der Waals surface area contributed by atoms with Crippen LogP contribution in [0.3, 0.4) is 0 Å². The second-order valence-corrected chi connectivity index (χ2v) is 5.00. The van der Waals surface area contributed by atoms with E-state index >= 15 is 0 Å². The number of ether oxygens (including phenoxy) is 2. The minimum absolute atomic E-state index is 0.273. The monoisotopic (exact) mass is 251 g/mol. The van der Waals surface area contributed by atoms with Gasteiger partial charge in [-0.2, -0.15) is 0 Å². The van der Waals surface area contributed by atoms with E-state index in [0.29, 0.717) is 24.9 Å². The normalized spacial score (nSPS) is 19.8. The van der Waals surface area contributed by atoms with Crippen LogP contribution in [0.5, 0.6) is 11.5 Å². The molecule has 2 heterocycles. The molecule has 0 amide bonds. The van der Waals surface area contributed by atoms with Crippen molar-refractivity contribution in [2.24, 2.45) is 5.92 Å². The second-order valence-electron chi connectivity index (χ2n) is 5.00. The predicted octanol–water partition coefficient (Wildman–Crippen LogP) is 2.14. The molecule has 2 aliphatic heterocycles. The van der Waals surface area contributed by atoms with E-state index in [4.69, 9.17) is 9.47 Å². The quantitative estimate of drug-likeness (QED) is 0.873. The molecular formula is C14H18FNO2. The van der Waals surface area contributed by atoms with Crippen molar-refractivity contribution >= 4 is 0 Å². The number of hydrogen-bond acceptors (Lipinski definition) is 3.